The Morgan fingerprint density at radius 1 is 1.33 bits per heavy atom. The summed E-state index contributed by atoms with van der Waals surface area (Å²) in [5.41, 5.74) is -0.232. The maximum atomic E-state index is 12.0. The van der Waals surface area contributed by atoms with Crippen molar-refractivity contribution in [2.45, 2.75) is 43.4 Å². The molecule has 0 aliphatic carbocycles. The normalized spacial score (nSPS) is 13.2. The van der Waals surface area contributed by atoms with E-state index in [2.05, 4.69) is 5.32 Å². The summed E-state index contributed by atoms with van der Waals surface area (Å²) in [6.07, 6.45) is 0. The Labute approximate surface area is 122 Å². The largest absolute Gasteiger partial charge is 0.351 e. The lowest BCUT2D eigenvalue weighted by molar-refractivity contribution is -0.121. The number of nitrogens with one attached hydrogen (secondary N) is 1. The van der Waals surface area contributed by atoms with E-state index in [0.29, 0.717) is 10.0 Å². The molecule has 1 N–H and O–H groups in total. The first-order chi connectivity index (χ1) is 8.19. The van der Waals surface area contributed by atoms with E-state index >= 15 is 0 Å². The molecule has 1 aromatic rings. The summed E-state index contributed by atoms with van der Waals surface area (Å²) < 4.78 is 0. The number of thioether (sulfide) groups is 1. The topological polar surface area (TPSA) is 29.1 Å². The van der Waals surface area contributed by atoms with Gasteiger partial charge in [-0.15, -0.1) is 11.8 Å². The van der Waals surface area contributed by atoms with Gasteiger partial charge < -0.3 is 5.32 Å². The first kappa shape index (κ1) is 15.7. The molecule has 0 spiro atoms. The van der Waals surface area contributed by atoms with E-state index < -0.39 is 0 Å². The van der Waals surface area contributed by atoms with E-state index in [-0.39, 0.29) is 16.7 Å². The number of hydrogen-bond donors (Lipinski definition) is 1. The quantitative estimate of drug-likeness (QED) is 0.839. The highest BCUT2D eigenvalue weighted by molar-refractivity contribution is 8.00. The van der Waals surface area contributed by atoms with Crippen LogP contribution in [0.4, 0.5) is 0 Å². The molecule has 0 aromatic heterocycles. The van der Waals surface area contributed by atoms with Crippen LogP contribution >= 0.6 is 35.0 Å². The second-order valence-corrected chi connectivity index (χ2v) is 7.30. The van der Waals surface area contributed by atoms with Gasteiger partial charge in [0.1, 0.15) is 0 Å². The zero-order valence-electron chi connectivity index (χ0n) is 10.9. The first-order valence-corrected chi connectivity index (χ1v) is 7.26. The first-order valence-electron chi connectivity index (χ1n) is 5.63. The van der Waals surface area contributed by atoms with E-state index in [9.17, 15) is 4.79 Å². The van der Waals surface area contributed by atoms with Gasteiger partial charge in [0.2, 0.25) is 5.91 Å². The van der Waals surface area contributed by atoms with E-state index in [1.54, 1.807) is 18.2 Å². The van der Waals surface area contributed by atoms with Crippen LogP contribution in [0.2, 0.25) is 10.0 Å². The van der Waals surface area contributed by atoms with Gasteiger partial charge in [-0.25, -0.2) is 0 Å². The highest BCUT2D eigenvalue weighted by Crippen LogP contribution is 2.32. The molecule has 100 valence electrons. The van der Waals surface area contributed by atoms with Crippen molar-refractivity contribution in [3.63, 3.8) is 0 Å². The molecule has 1 aromatic carbocycles. The minimum Gasteiger partial charge on any atom is -0.351 e. The molecular formula is C13H17Cl2NOS. The molecule has 0 unspecified atom stereocenters. The Kier molecular flexibility index (Phi) is 5.38. The standard InChI is InChI=1S/C13H17Cl2NOS/c1-8(12(17)16-13(2,3)4)18-11-7-9(14)5-6-10(11)15/h5-8H,1-4H3,(H,16,17)/t8-/m0/s1. The van der Waals surface area contributed by atoms with E-state index in [0.717, 1.165) is 4.90 Å². The van der Waals surface area contributed by atoms with Crippen LogP contribution in [0, 0.1) is 0 Å². The summed E-state index contributed by atoms with van der Waals surface area (Å²) >= 11 is 13.4. The van der Waals surface area contributed by atoms with Crippen LogP contribution in [0.5, 0.6) is 0 Å². The predicted octanol–water partition coefficient (Wildman–Crippen LogP) is 4.39. The van der Waals surface area contributed by atoms with Crippen molar-refractivity contribution in [3.05, 3.63) is 28.2 Å². The van der Waals surface area contributed by atoms with Gasteiger partial charge in [-0.3, -0.25) is 4.79 Å². The molecule has 0 aliphatic heterocycles. The number of carbonyl (C=O) groups is 1. The van der Waals surface area contributed by atoms with Gasteiger partial charge in [-0.1, -0.05) is 23.2 Å². The third kappa shape index (κ3) is 5.09. The minimum absolute atomic E-state index is 0.0106. The Balaban J connectivity index is 2.72. The fraction of sp³-hybridized carbons (Fsp3) is 0.462. The van der Waals surface area contributed by atoms with Crippen molar-refractivity contribution in [2.24, 2.45) is 0 Å². The Morgan fingerprint density at radius 2 is 1.94 bits per heavy atom. The molecule has 0 fully saturated rings. The molecule has 1 amide bonds. The van der Waals surface area contributed by atoms with Gasteiger partial charge >= 0.3 is 0 Å². The Bertz CT molecular complexity index is 443. The third-order valence-corrected chi connectivity index (χ3v) is 3.90. The molecule has 0 bridgehead atoms. The van der Waals surface area contributed by atoms with Crippen LogP contribution in [0.25, 0.3) is 0 Å². The summed E-state index contributed by atoms with van der Waals surface area (Å²) in [6.45, 7) is 7.71. The number of rotatable bonds is 3. The van der Waals surface area contributed by atoms with Crippen molar-refractivity contribution in [3.8, 4) is 0 Å². The van der Waals surface area contributed by atoms with Crippen LogP contribution in [0.3, 0.4) is 0 Å². The van der Waals surface area contributed by atoms with Crippen molar-refractivity contribution in [1.82, 2.24) is 5.32 Å². The molecule has 0 radical (unpaired) electrons. The summed E-state index contributed by atoms with van der Waals surface area (Å²) in [5.74, 6) is -0.0106. The van der Waals surface area contributed by atoms with Crippen LogP contribution in [0.1, 0.15) is 27.7 Å². The lowest BCUT2D eigenvalue weighted by Gasteiger charge is -2.23. The molecule has 0 saturated heterocycles. The fourth-order valence-electron chi connectivity index (χ4n) is 1.28. The van der Waals surface area contributed by atoms with Gasteiger partial charge in [-0.2, -0.15) is 0 Å². The van der Waals surface area contributed by atoms with E-state index in [1.165, 1.54) is 11.8 Å². The molecule has 18 heavy (non-hydrogen) atoms. The second-order valence-electron chi connectivity index (χ2n) is 5.07. The SMILES string of the molecule is C[C@H](Sc1cc(Cl)ccc1Cl)C(=O)NC(C)(C)C. The van der Waals surface area contributed by atoms with Gasteiger partial charge in [0.05, 0.1) is 10.3 Å². The molecular weight excluding hydrogens is 289 g/mol. The maximum Gasteiger partial charge on any atom is 0.233 e. The van der Waals surface area contributed by atoms with E-state index in [4.69, 9.17) is 23.2 Å². The van der Waals surface area contributed by atoms with Crippen molar-refractivity contribution < 1.29 is 4.79 Å². The van der Waals surface area contributed by atoms with Gasteiger partial charge in [0.15, 0.2) is 0 Å². The van der Waals surface area contributed by atoms with Gasteiger partial charge in [0.25, 0.3) is 0 Å². The predicted molar refractivity (Wildman–Crippen MR) is 79.7 cm³/mol. The maximum absolute atomic E-state index is 12.0. The average Bonchev–Trinajstić information content (AvgIpc) is 2.21. The summed E-state index contributed by atoms with van der Waals surface area (Å²) in [5, 5.41) is 3.94. The summed E-state index contributed by atoms with van der Waals surface area (Å²) in [4.78, 5) is 12.8. The molecule has 0 aliphatic rings. The molecule has 5 heteroatoms. The van der Waals surface area contributed by atoms with Crippen molar-refractivity contribution in [2.75, 3.05) is 0 Å². The molecule has 1 atom stereocenters. The monoisotopic (exact) mass is 305 g/mol. The molecule has 2 nitrogen and oxygen atoms in total. The van der Waals surface area contributed by atoms with Crippen LogP contribution in [-0.4, -0.2) is 16.7 Å². The second kappa shape index (κ2) is 6.18. The Hall–Kier alpha value is -0.380. The zero-order valence-corrected chi connectivity index (χ0v) is 13.2. The number of benzene rings is 1. The third-order valence-electron chi connectivity index (χ3n) is 2.06. The van der Waals surface area contributed by atoms with Gasteiger partial charge in [-0.05, 0) is 45.9 Å². The summed E-state index contributed by atoms with van der Waals surface area (Å²) in [7, 11) is 0. The highest BCUT2D eigenvalue weighted by atomic mass is 35.5. The lowest BCUT2D eigenvalue weighted by atomic mass is 10.1. The zero-order chi connectivity index (χ0) is 13.9. The highest BCUT2D eigenvalue weighted by Gasteiger charge is 2.20. The lowest BCUT2D eigenvalue weighted by Crippen LogP contribution is -2.44. The number of halogens is 2. The van der Waals surface area contributed by atoms with E-state index in [1.807, 2.05) is 27.7 Å². The average molecular weight is 306 g/mol. The van der Waals surface area contributed by atoms with Crippen LogP contribution in [0.15, 0.2) is 23.1 Å². The molecule has 1 rings (SSSR count). The van der Waals surface area contributed by atoms with Crippen molar-refractivity contribution >= 4 is 40.9 Å². The summed E-state index contributed by atoms with van der Waals surface area (Å²) in [6, 6.07) is 5.24. The van der Waals surface area contributed by atoms with Crippen LogP contribution in [-0.2, 0) is 4.79 Å². The van der Waals surface area contributed by atoms with Crippen molar-refractivity contribution in [1.29, 1.82) is 0 Å². The number of amides is 1. The fourth-order valence-corrected chi connectivity index (χ4v) is 2.69. The number of carbonyl (C=O) groups excluding carboxylic acids is 1. The minimum atomic E-state index is -0.232. The van der Waals surface area contributed by atoms with Gasteiger partial charge in [0, 0.05) is 15.5 Å². The smallest absolute Gasteiger partial charge is 0.233 e. The number of hydrogen-bond acceptors (Lipinski definition) is 2. The molecule has 0 saturated carbocycles. The van der Waals surface area contributed by atoms with Crippen LogP contribution < -0.4 is 5.32 Å². The Morgan fingerprint density at radius 3 is 2.50 bits per heavy atom. The molecule has 0 heterocycles.